The summed E-state index contributed by atoms with van der Waals surface area (Å²) in [5.41, 5.74) is -0.775. The van der Waals surface area contributed by atoms with E-state index in [0.717, 1.165) is 5.82 Å². The van der Waals surface area contributed by atoms with Gasteiger partial charge in [-0.25, -0.2) is 9.13 Å². The molecule has 0 saturated carbocycles. The molecule has 1 aromatic rings. The Labute approximate surface area is 108 Å². The molecule has 0 atom stereocenters. The van der Waals surface area contributed by atoms with Crippen LogP contribution in [0.25, 0.3) is 0 Å². The van der Waals surface area contributed by atoms with Gasteiger partial charge in [0.25, 0.3) is 5.82 Å². The molecule has 0 aliphatic heterocycles. The van der Waals surface area contributed by atoms with Crippen molar-refractivity contribution in [2.24, 2.45) is 0 Å². The highest BCUT2D eigenvalue weighted by Gasteiger charge is 2.23. The monoisotopic (exact) mass is 258 g/mol. The van der Waals surface area contributed by atoms with Crippen LogP contribution >= 0.6 is 12.2 Å². The third-order valence-corrected chi connectivity index (χ3v) is 2.59. The Bertz CT molecular complexity index is 391. The molecule has 90 valence electrons. The molecule has 0 bridgehead atoms. The Balaban J connectivity index is 3.16. The summed E-state index contributed by atoms with van der Waals surface area (Å²) < 4.78 is 4.37. The van der Waals surface area contributed by atoms with Gasteiger partial charge in [0.15, 0.2) is 0 Å². The molecule has 0 radical (unpaired) electrons. The SMILES string of the molecule is CC(C)n1cc[n+](CC(C)(C)O)c1C(=S)[S-]. The van der Waals surface area contributed by atoms with E-state index in [4.69, 9.17) is 24.8 Å². The molecule has 0 aliphatic rings. The van der Waals surface area contributed by atoms with Crippen molar-refractivity contribution in [1.82, 2.24) is 4.57 Å². The summed E-state index contributed by atoms with van der Waals surface area (Å²) in [5.74, 6) is 0.821. The molecule has 1 rings (SSSR count). The molecule has 0 unspecified atom stereocenters. The number of imidazole rings is 1. The van der Waals surface area contributed by atoms with Crippen LogP contribution in [0.1, 0.15) is 39.6 Å². The predicted molar refractivity (Wildman–Crippen MR) is 70.4 cm³/mol. The van der Waals surface area contributed by atoms with Gasteiger partial charge in [-0.2, -0.15) is 0 Å². The first-order valence-electron chi connectivity index (χ1n) is 5.26. The van der Waals surface area contributed by atoms with Gasteiger partial charge in [0, 0.05) is 0 Å². The van der Waals surface area contributed by atoms with Crippen LogP contribution in [0.4, 0.5) is 0 Å². The smallest absolute Gasteiger partial charge is 0.269 e. The van der Waals surface area contributed by atoms with Crippen molar-refractivity contribution < 1.29 is 9.67 Å². The van der Waals surface area contributed by atoms with Gasteiger partial charge in [-0.15, -0.1) is 0 Å². The van der Waals surface area contributed by atoms with Gasteiger partial charge < -0.3 is 30.0 Å². The Morgan fingerprint density at radius 3 is 2.56 bits per heavy atom. The topological polar surface area (TPSA) is 29.0 Å². The Kier molecular flexibility index (Phi) is 4.04. The predicted octanol–water partition coefficient (Wildman–Crippen LogP) is 1.35. The average molecular weight is 258 g/mol. The molecular weight excluding hydrogens is 240 g/mol. The van der Waals surface area contributed by atoms with Crippen LogP contribution in [0.15, 0.2) is 12.4 Å². The molecule has 0 saturated heterocycles. The summed E-state index contributed by atoms with van der Waals surface area (Å²) in [6, 6.07) is 0.305. The Morgan fingerprint density at radius 1 is 1.62 bits per heavy atom. The van der Waals surface area contributed by atoms with Gasteiger partial charge in [-0.3, -0.25) is 0 Å². The maximum absolute atomic E-state index is 9.82. The lowest BCUT2D eigenvalue weighted by atomic mass is 10.1. The summed E-state index contributed by atoms with van der Waals surface area (Å²) in [7, 11) is 0. The first-order chi connectivity index (χ1) is 7.22. The van der Waals surface area contributed by atoms with Crippen molar-refractivity contribution in [3.63, 3.8) is 0 Å². The molecule has 0 spiro atoms. The van der Waals surface area contributed by atoms with Gasteiger partial charge in [-0.05, 0) is 31.9 Å². The minimum atomic E-state index is -0.775. The van der Waals surface area contributed by atoms with E-state index in [2.05, 4.69) is 13.8 Å². The second kappa shape index (κ2) is 4.77. The highest BCUT2D eigenvalue weighted by atomic mass is 32.1. The van der Waals surface area contributed by atoms with Gasteiger partial charge >= 0.3 is 0 Å². The fourth-order valence-corrected chi connectivity index (χ4v) is 2.07. The van der Waals surface area contributed by atoms with Crippen LogP contribution < -0.4 is 4.57 Å². The molecule has 1 heterocycles. The first-order valence-corrected chi connectivity index (χ1v) is 6.08. The highest BCUT2D eigenvalue weighted by molar-refractivity contribution is 8.01. The fourth-order valence-electron chi connectivity index (χ4n) is 1.63. The fraction of sp³-hybridized carbons (Fsp3) is 0.636. The van der Waals surface area contributed by atoms with E-state index < -0.39 is 5.60 Å². The van der Waals surface area contributed by atoms with Crippen molar-refractivity contribution >= 4 is 29.0 Å². The molecule has 0 aromatic carbocycles. The van der Waals surface area contributed by atoms with Gasteiger partial charge in [0.1, 0.15) is 18.9 Å². The Hall–Kier alpha value is -0.520. The van der Waals surface area contributed by atoms with E-state index in [1.165, 1.54) is 0 Å². The van der Waals surface area contributed by atoms with Crippen molar-refractivity contribution in [2.75, 3.05) is 0 Å². The highest BCUT2D eigenvalue weighted by Crippen LogP contribution is 2.09. The summed E-state index contributed by atoms with van der Waals surface area (Å²) in [6.07, 6.45) is 3.86. The zero-order valence-electron chi connectivity index (χ0n) is 10.1. The lowest BCUT2D eigenvalue weighted by molar-refractivity contribution is -0.709. The number of aromatic nitrogens is 2. The van der Waals surface area contributed by atoms with Crippen LogP contribution in [0, 0.1) is 0 Å². The first kappa shape index (κ1) is 13.5. The second-order valence-electron chi connectivity index (χ2n) is 4.85. The maximum atomic E-state index is 9.82. The summed E-state index contributed by atoms with van der Waals surface area (Å²) >= 11 is 10.2. The van der Waals surface area contributed by atoms with Gasteiger partial charge in [0.05, 0.1) is 11.6 Å². The number of thiocarbonyl (C=S) groups is 1. The molecule has 1 N–H and O–H groups in total. The van der Waals surface area contributed by atoms with Crippen molar-refractivity contribution in [3.8, 4) is 0 Å². The van der Waals surface area contributed by atoms with Crippen LogP contribution in [-0.4, -0.2) is 19.5 Å². The van der Waals surface area contributed by atoms with Gasteiger partial charge in [0.2, 0.25) is 0 Å². The maximum Gasteiger partial charge on any atom is 0.269 e. The quantitative estimate of drug-likeness (QED) is 0.502. The lowest BCUT2D eigenvalue weighted by Crippen LogP contribution is -2.47. The molecule has 5 heteroatoms. The molecular formula is C11H18N2OS2. The van der Waals surface area contributed by atoms with Crippen molar-refractivity contribution in [1.29, 1.82) is 0 Å². The normalized spacial score (nSPS) is 12.1. The third kappa shape index (κ3) is 3.23. The summed E-state index contributed by atoms with van der Waals surface area (Å²) in [4.78, 5) is 0. The van der Waals surface area contributed by atoms with Crippen LogP contribution in [-0.2, 0) is 19.2 Å². The Morgan fingerprint density at radius 2 is 2.19 bits per heavy atom. The lowest BCUT2D eigenvalue weighted by Gasteiger charge is -2.17. The van der Waals surface area contributed by atoms with Crippen LogP contribution in [0.2, 0.25) is 0 Å². The molecule has 0 amide bonds. The molecule has 16 heavy (non-hydrogen) atoms. The number of nitrogens with zero attached hydrogens (tertiary/aromatic N) is 2. The van der Waals surface area contributed by atoms with Crippen molar-refractivity contribution in [3.05, 3.63) is 18.2 Å². The minimum absolute atomic E-state index is 0.305. The summed E-state index contributed by atoms with van der Waals surface area (Å²) in [6.45, 7) is 8.17. The average Bonchev–Trinajstić information content (AvgIpc) is 2.44. The third-order valence-electron chi connectivity index (χ3n) is 2.22. The number of aliphatic hydroxyl groups is 1. The van der Waals surface area contributed by atoms with E-state index in [-0.39, 0.29) is 0 Å². The molecule has 0 fully saturated rings. The van der Waals surface area contributed by atoms with E-state index in [1.54, 1.807) is 13.8 Å². The zero-order chi connectivity index (χ0) is 12.5. The number of rotatable bonds is 4. The van der Waals surface area contributed by atoms with E-state index in [0.29, 0.717) is 16.8 Å². The number of hydrogen-bond acceptors (Lipinski definition) is 3. The zero-order valence-corrected chi connectivity index (χ0v) is 11.7. The standard InChI is InChI=1S/C11H18N2OS2/c1-8(2)13-6-5-12(7-11(3,4)14)9(13)10(15)16/h5-6,8,14H,7H2,1-4H3. The van der Waals surface area contributed by atoms with Crippen LogP contribution in [0.5, 0.6) is 0 Å². The summed E-state index contributed by atoms with van der Waals surface area (Å²) in [5, 5.41) is 9.82. The minimum Gasteiger partial charge on any atom is -0.421 e. The molecule has 3 nitrogen and oxygen atoms in total. The van der Waals surface area contributed by atoms with E-state index >= 15 is 0 Å². The van der Waals surface area contributed by atoms with Crippen LogP contribution in [0.3, 0.4) is 0 Å². The molecule has 1 aromatic heterocycles. The van der Waals surface area contributed by atoms with Gasteiger partial charge in [-0.1, -0.05) is 0 Å². The van der Waals surface area contributed by atoms with E-state index in [1.807, 2.05) is 21.5 Å². The second-order valence-corrected chi connectivity index (χ2v) is 5.93. The van der Waals surface area contributed by atoms with Crippen molar-refractivity contribution in [2.45, 2.75) is 45.9 Å². The van der Waals surface area contributed by atoms with E-state index in [9.17, 15) is 5.11 Å². The molecule has 0 aliphatic carbocycles. The largest absolute Gasteiger partial charge is 0.421 e. The number of hydrogen-bond donors (Lipinski definition) is 1.